The highest BCUT2D eigenvalue weighted by molar-refractivity contribution is 5.92. The maximum absolute atomic E-state index is 13.5. The average Bonchev–Trinajstić information content (AvgIpc) is 2.38. The highest BCUT2D eigenvalue weighted by atomic mass is 19.1. The van der Waals surface area contributed by atoms with Crippen molar-refractivity contribution in [3.8, 4) is 11.6 Å². The maximum Gasteiger partial charge on any atom is 0.341 e. The van der Waals surface area contributed by atoms with Crippen molar-refractivity contribution in [2.45, 2.75) is 13.8 Å². The highest BCUT2D eigenvalue weighted by Gasteiger charge is 2.20. The van der Waals surface area contributed by atoms with Crippen LogP contribution in [0.4, 0.5) is 8.78 Å². The minimum Gasteiger partial charge on any atom is -0.477 e. The van der Waals surface area contributed by atoms with Crippen molar-refractivity contribution in [2.75, 3.05) is 0 Å². The number of ether oxygens (including phenoxy) is 1. The van der Waals surface area contributed by atoms with Gasteiger partial charge in [0.2, 0.25) is 0 Å². The number of aromatic nitrogens is 2. The van der Waals surface area contributed by atoms with Crippen LogP contribution in [-0.2, 0) is 0 Å². The number of carboxylic acid groups (broad SMARTS) is 1. The molecule has 7 heteroatoms. The summed E-state index contributed by atoms with van der Waals surface area (Å²) < 4.78 is 31.6. The smallest absolute Gasteiger partial charge is 0.341 e. The number of aromatic carboxylic acids is 1. The molecule has 2 rings (SSSR count). The first-order valence-electron chi connectivity index (χ1n) is 5.60. The predicted octanol–water partition coefficient (Wildman–Crippen LogP) is 2.86. The van der Waals surface area contributed by atoms with Crippen molar-refractivity contribution in [1.82, 2.24) is 10.2 Å². The summed E-state index contributed by atoms with van der Waals surface area (Å²) in [6.07, 6.45) is 0. The van der Waals surface area contributed by atoms with Gasteiger partial charge in [0.05, 0.1) is 5.69 Å². The molecule has 0 bridgehead atoms. The number of rotatable bonds is 3. The van der Waals surface area contributed by atoms with E-state index in [2.05, 4.69) is 10.2 Å². The largest absolute Gasteiger partial charge is 0.477 e. The maximum atomic E-state index is 13.5. The van der Waals surface area contributed by atoms with E-state index >= 15 is 0 Å². The summed E-state index contributed by atoms with van der Waals surface area (Å²) in [5.74, 6) is -3.67. The molecule has 0 spiro atoms. The molecular formula is C13H10F2N2O3. The van der Waals surface area contributed by atoms with Gasteiger partial charge in [0.1, 0.15) is 11.4 Å². The Hall–Kier alpha value is -2.57. The molecule has 0 saturated carbocycles. The van der Waals surface area contributed by atoms with Gasteiger partial charge in [-0.15, -0.1) is 5.10 Å². The zero-order valence-corrected chi connectivity index (χ0v) is 10.6. The van der Waals surface area contributed by atoms with E-state index in [1.165, 1.54) is 6.92 Å². The lowest BCUT2D eigenvalue weighted by Gasteiger charge is -2.10. The van der Waals surface area contributed by atoms with Crippen molar-refractivity contribution in [2.24, 2.45) is 0 Å². The monoisotopic (exact) mass is 280 g/mol. The van der Waals surface area contributed by atoms with Crippen molar-refractivity contribution >= 4 is 5.97 Å². The molecular weight excluding hydrogens is 270 g/mol. The van der Waals surface area contributed by atoms with Crippen LogP contribution in [0.2, 0.25) is 0 Å². The van der Waals surface area contributed by atoms with Crippen molar-refractivity contribution in [3.63, 3.8) is 0 Å². The first-order valence-corrected chi connectivity index (χ1v) is 5.60. The Morgan fingerprint density at radius 1 is 1.25 bits per heavy atom. The molecule has 104 valence electrons. The first kappa shape index (κ1) is 13.9. The van der Waals surface area contributed by atoms with Crippen molar-refractivity contribution < 1.29 is 23.4 Å². The van der Waals surface area contributed by atoms with Crippen LogP contribution in [0.3, 0.4) is 0 Å². The van der Waals surface area contributed by atoms with Gasteiger partial charge in [0.15, 0.2) is 11.6 Å². The number of hydrogen-bond acceptors (Lipinski definition) is 4. The molecule has 0 saturated heterocycles. The van der Waals surface area contributed by atoms with Crippen LogP contribution in [0.1, 0.15) is 21.6 Å². The van der Waals surface area contributed by atoms with E-state index in [1.807, 2.05) is 0 Å². The molecule has 20 heavy (non-hydrogen) atoms. The minimum absolute atomic E-state index is 0.235. The predicted molar refractivity (Wildman–Crippen MR) is 64.9 cm³/mol. The zero-order chi connectivity index (χ0) is 14.9. The molecule has 0 aliphatic carbocycles. The topological polar surface area (TPSA) is 72.3 Å². The van der Waals surface area contributed by atoms with Gasteiger partial charge in [-0.3, -0.25) is 0 Å². The van der Waals surface area contributed by atoms with Gasteiger partial charge in [-0.1, -0.05) is 0 Å². The molecule has 0 aliphatic heterocycles. The second kappa shape index (κ2) is 5.20. The van der Waals surface area contributed by atoms with E-state index in [1.54, 1.807) is 6.92 Å². The van der Waals surface area contributed by atoms with Crippen LogP contribution >= 0.6 is 0 Å². The molecule has 2 aromatic rings. The molecule has 1 N–H and O–H groups in total. The molecule has 0 fully saturated rings. The van der Waals surface area contributed by atoms with E-state index < -0.39 is 23.4 Å². The molecule has 0 unspecified atom stereocenters. The lowest BCUT2D eigenvalue weighted by Crippen LogP contribution is -2.09. The molecule has 0 aliphatic rings. The molecule has 0 amide bonds. The lowest BCUT2D eigenvalue weighted by atomic mass is 10.1. The quantitative estimate of drug-likeness (QED) is 0.935. The fourth-order valence-electron chi connectivity index (χ4n) is 1.57. The second-order valence-electron chi connectivity index (χ2n) is 4.07. The number of benzene rings is 1. The summed E-state index contributed by atoms with van der Waals surface area (Å²) in [6.45, 7) is 3.11. The van der Waals surface area contributed by atoms with Gasteiger partial charge in [-0.25, -0.2) is 13.6 Å². The zero-order valence-electron chi connectivity index (χ0n) is 10.6. The third-order valence-electron chi connectivity index (χ3n) is 2.74. The summed E-state index contributed by atoms with van der Waals surface area (Å²) in [4.78, 5) is 11.2. The van der Waals surface area contributed by atoms with Gasteiger partial charge in [-0.05, 0) is 31.5 Å². The Balaban J connectivity index is 2.51. The number of aryl methyl sites for hydroxylation is 1. The van der Waals surface area contributed by atoms with E-state index in [0.717, 1.165) is 18.2 Å². The Bertz CT molecular complexity index is 690. The van der Waals surface area contributed by atoms with E-state index in [4.69, 9.17) is 9.84 Å². The van der Waals surface area contributed by atoms with Gasteiger partial charge in [0, 0.05) is 6.07 Å². The lowest BCUT2D eigenvalue weighted by molar-refractivity contribution is 0.0692. The first-order chi connectivity index (χ1) is 9.40. The number of hydrogen-bond donors (Lipinski definition) is 1. The summed E-state index contributed by atoms with van der Waals surface area (Å²) in [7, 11) is 0. The van der Waals surface area contributed by atoms with E-state index in [0.29, 0.717) is 11.3 Å². The summed E-state index contributed by atoms with van der Waals surface area (Å²) in [6, 6.07) is 2.60. The van der Waals surface area contributed by atoms with Crippen LogP contribution in [0, 0.1) is 25.5 Å². The van der Waals surface area contributed by atoms with Crippen molar-refractivity contribution in [1.29, 1.82) is 0 Å². The van der Waals surface area contributed by atoms with Crippen LogP contribution in [0.5, 0.6) is 11.6 Å². The fourth-order valence-corrected chi connectivity index (χ4v) is 1.57. The van der Waals surface area contributed by atoms with Gasteiger partial charge < -0.3 is 9.84 Å². The third kappa shape index (κ3) is 2.56. The molecule has 1 aromatic heterocycles. The van der Waals surface area contributed by atoms with Gasteiger partial charge in [0.25, 0.3) is 5.88 Å². The van der Waals surface area contributed by atoms with Crippen LogP contribution in [0.15, 0.2) is 18.2 Å². The number of nitrogens with zero attached hydrogens (tertiary/aromatic N) is 2. The Morgan fingerprint density at radius 2 is 1.95 bits per heavy atom. The SMILES string of the molecule is Cc1nnc(Oc2cc(F)ccc2F)c(C(=O)O)c1C. The highest BCUT2D eigenvalue weighted by Crippen LogP contribution is 2.28. The Morgan fingerprint density at radius 3 is 2.60 bits per heavy atom. The average molecular weight is 280 g/mol. The third-order valence-corrected chi connectivity index (χ3v) is 2.74. The summed E-state index contributed by atoms with van der Waals surface area (Å²) >= 11 is 0. The molecule has 0 radical (unpaired) electrons. The summed E-state index contributed by atoms with van der Waals surface area (Å²) in [5.41, 5.74) is 0.523. The molecule has 0 atom stereocenters. The number of carbonyl (C=O) groups is 1. The normalized spacial score (nSPS) is 10.4. The summed E-state index contributed by atoms with van der Waals surface area (Å²) in [5, 5.41) is 16.5. The Labute approximate surface area is 112 Å². The second-order valence-corrected chi connectivity index (χ2v) is 4.07. The van der Waals surface area contributed by atoms with Crippen LogP contribution in [0.25, 0.3) is 0 Å². The van der Waals surface area contributed by atoms with Gasteiger partial charge in [-0.2, -0.15) is 5.10 Å². The molecule has 1 heterocycles. The van der Waals surface area contributed by atoms with Crippen LogP contribution in [-0.4, -0.2) is 21.3 Å². The minimum atomic E-state index is -1.28. The fraction of sp³-hybridized carbons (Fsp3) is 0.154. The van der Waals surface area contributed by atoms with Crippen molar-refractivity contribution in [3.05, 3.63) is 46.7 Å². The van der Waals surface area contributed by atoms with Gasteiger partial charge >= 0.3 is 5.97 Å². The molecule has 5 nitrogen and oxygen atoms in total. The standard InChI is InChI=1S/C13H10F2N2O3/c1-6-7(2)16-17-12(11(6)13(18)19)20-10-5-8(14)3-4-9(10)15/h3-5H,1-2H3,(H,18,19). The Kier molecular flexibility index (Phi) is 3.60. The van der Waals surface area contributed by atoms with Crippen LogP contribution < -0.4 is 4.74 Å². The number of halogens is 2. The molecule has 1 aromatic carbocycles. The van der Waals surface area contributed by atoms with E-state index in [-0.39, 0.29) is 11.4 Å². The van der Waals surface area contributed by atoms with E-state index in [9.17, 15) is 13.6 Å². The number of carboxylic acids is 1.